The minimum atomic E-state index is -0.247. The third kappa shape index (κ3) is 4.60. The van der Waals surface area contributed by atoms with Crippen molar-refractivity contribution in [3.8, 4) is 0 Å². The molecule has 0 saturated carbocycles. The Hall–Kier alpha value is -0.360. The number of nitrogens with one attached hydrogen (secondary N) is 1. The summed E-state index contributed by atoms with van der Waals surface area (Å²) in [6.07, 6.45) is 2.05. The SMILES string of the molecule is CN(Cc1cscn1)C(=O)C1(C)CCCNC1.Cl.Cl. The summed E-state index contributed by atoms with van der Waals surface area (Å²) in [5.74, 6) is 0.220. The molecule has 0 aromatic carbocycles. The van der Waals surface area contributed by atoms with Gasteiger partial charge >= 0.3 is 0 Å². The van der Waals surface area contributed by atoms with Crippen molar-refractivity contribution >= 4 is 42.1 Å². The fraction of sp³-hybridized carbons (Fsp3) is 0.667. The van der Waals surface area contributed by atoms with Gasteiger partial charge in [-0.15, -0.1) is 36.2 Å². The quantitative estimate of drug-likeness (QED) is 0.927. The van der Waals surface area contributed by atoms with Gasteiger partial charge in [-0.05, 0) is 26.3 Å². The first kappa shape index (κ1) is 18.6. The fourth-order valence-electron chi connectivity index (χ4n) is 2.33. The van der Waals surface area contributed by atoms with Gasteiger partial charge in [0.2, 0.25) is 5.91 Å². The molecule has 19 heavy (non-hydrogen) atoms. The molecule has 2 heterocycles. The lowest BCUT2D eigenvalue weighted by Crippen LogP contribution is -2.48. The van der Waals surface area contributed by atoms with Gasteiger partial charge in [0, 0.05) is 19.0 Å². The lowest BCUT2D eigenvalue weighted by molar-refractivity contribution is -0.141. The number of aromatic nitrogens is 1. The van der Waals surface area contributed by atoms with E-state index in [0.29, 0.717) is 6.54 Å². The average molecular weight is 326 g/mol. The van der Waals surface area contributed by atoms with Gasteiger partial charge in [0.15, 0.2) is 0 Å². The van der Waals surface area contributed by atoms with Crippen molar-refractivity contribution in [2.24, 2.45) is 5.41 Å². The van der Waals surface area contributed by atoms with E-state index >= 15 is 0 Å². The number of carbonyl (C=O) groups excluding carboxylic acids is 1. The van der Waals surface area contributed by atoms with E-state index in [9.17, 15) is 4.79 Å². The average Bonchev–Trinajstić information content (AvgIpc) is 2.81. The van der Waals surface area contributed by atoms with Crippen LogP contribution >= 0.6 is 36.2 Å². The molecular weight excluding hydrogens is 305 g/mol. The summed E-state index contributed by atoms with van der Waals surface area (Å²) in [6, 6.07) is 0. The number of hydrogen-bond acceptors (Lipinski definition) is 4. The molecule has 1 aromatic heterocycles. The van der Waals surface area contributed by atoms with E-state index in [1.165, 1.54) is 0 Å². The highest BCUT2D eigenvalue weighted by atomic mass is 35.5. The monoisotopic (exact) mass is 325 g/mol. The topological polar surface area (TPSA) is 45.2 Å². The minimum absolute atomic E-state index is 0. The van der Waals surface area contributed by atoms with Gasteiger partial charge in [0.25, 0.3) is 0 Å². The number of hydrogen-bond donors (Lipinski definition) is 1. The Morgan fingerprint density at radius 2 is 2.32 bits per heavy atom. The van der Waals surface area contributed by atoms with Crippen molar-refractivity contribution in [3.05, 3.63) is 16.6 Å². The zero-order chi connectivity index (χ0) is 12.3. The molecule has 1 aliphatic rings. The first-order valence-electron chi connectivity index (χ1n) is 5.95. The van der Waals surface area contributed by atoms with Crippen molar-refractivity contribution < 1.29 is 4.79 Å². The van der Waals surface area contributed by atoms with Crippen LogP contribution in [-0.4, -0.2) is 35.9 Å². The lowest BCUT2D eigenvalue weighted by atomic mass is 9.81. The van der Waals surface area contributed by atoms with Gasteiger partial charge in [0.05, 0.1) is 23.2 Å². The molecule has 4 nitrogen and oxygen atoms in total. The zero-order valence-electron chi connectivity index (χ0n) is 11.2. The van der Waals surface area contributed by atoms with Crippen LogP contribution in [-0.2, 0) is 11.3 Å². The summed E-state index contributed by atoms with van der Waals surface area (Å²) >= 11 is 1.57. The minimum Gasteiger partial charge on any atom is -0.339 e. The van der Waals surface area contributed by atoms with E-state index in [-0.39, 0.29) is 36.1 Å². The van der Waals surface area contributed by atoms with Gasteiger partial charge in [0.1, 0.15) is 0 Å². The normalized spacial score (nSPS) is 22.0. The molecule has 1 fully saturated rings. The largest absolute Gasteiger partial charge is 0.339 e. The number of nitrogens with zero attached hydrogens (tertiary/aromatic N) is 2. The molecule has 0 radical (unpaired) electrons. The summed E-state index contributed by atoms with van der Waals surface area (Å²) in [5, 5.41) is 5.30. The second-order valence-corrected chi connectivity index (χ2v) is 5.70. The molecule has 1 atom stereocenters. The van der Waals surface area contributed by atoms with E-state index in [2.05, 4.69) is 17.2 Å². The van der Waals surface area contributed by atoms with Gasteiger partial charge in [-0.1, -0.05) is 0 Å². The lowest BCUT2D eigenvalue weighted by Gasteiger charge is -2.35. The molecule has 2 rings (SSSR count). The van der Waals surface area contributed by atoms with E-state index in [1.807, 2.05) is 12.4 Å². The molecular formula is C12H21Cl2N3OS. The van der Waals surface area contributed by atoms with Crippen LogP contribution in [0.4, 0.5) is 0 Å². The molecule has 110 valence electrons. The third-order valence-corrected chi connectivity index (χ3v) is 3.98. The van der Waals surface area contributed by atoms with Crippen LogP contribution in [0.2, 0.25) is 0 Å². The highest BCUT2D eigenvalue weighted by molar-refractivity contribution is 7.07. The second-order valence-electron chi connectivity index (χ2n) is 4.98. The molecule has 1 N–H and O–H groups in total. The Morgan fingerprint density at radius 3 is 2.84 bits per heavy atom. The van der Waals surface area contributed by atoms with Gasteiger partial charge < -0.3 is 10.2 Å². The standard InChI is InChI=1S/C12H19N3OS.2ClH/c1-12(4-3-5-13-8-12)11(16)15(2)6-10-7-17-9-14-10;;/h7,9,13H,3-6,8H2,1-2H3;2*1H. The molecule has 1 amide bonds. The van der Waals surface area contributed by atoms with Crippen LogP contribution in [0.25, 0.3) is 0 Å². The van der Waals surface area contributed by atoms with Crippen LogP contribution < -0.4 is 5.32 Å². The van der Waals surface area contributed by atoms with Crippen LogP contribution in [0.1, 0.15) is 25.5 Å². The highest BCUT2D eigenvalue weighted by Gasteiger charge is 2.36. The number of piperidine rings is 1. The van der Waals surface area contributed by atoms with Crippen molar-refractivity contribution in [1.29, 1.82) is 0 Å². The second kappa shape index (κ2) is 8.04. The maximum absolute atomic E-state index is 12.4. The van der Waals surface area contributed by atoms with Crippen LogP contribution in [0, 0.1) is 5.41 Å². The Labute approximate surface area is 130 Å². The van der Waals surface area contributed by atoms with Gasteiger partial charge in [-0.3, -0.25) is 4.79 Å². The molecule has 7 heteroatoms. The van der Waals surface area contributed by atoms with Crippen molar-refractivity contribution in [2.45, 2.75) is 26.3 Å². The van der Waals surface area contributed by atoms with E-state index in [4.69, 9.17) is 0 Å². The number of amides is 1. The third-order valence-electron chi connectivity index (χ3n) is 3.34. The Kier molecular flexibility index (Phi) is 7.89. The summed E-state index contributed by atoms with van der Waals surface area (Å²) in [7, 11) is 1.86. The summed E-state index contributed by atoms with van der Waals surface area (Å²) in [5.41, 5.74) is 2.53. The van der Waals surface area contributed by atoms with Gasteiger partial charge in [-0.2, -0.15) is 0 Å². The number of rotatable bonds is 3. The maximum atomic E-state index is 12.4. The van der Waals surface area contributed by atoms with Crippen molar-refractivity contribution in [3.63, 3.8) is 0 Å². The molecule has 1 unspecified atom stereocenters. The first-order valence-corrected chi connectivity index (χ1v) is 6.89. The number of carbonyl (C=O) groups is 1. The van der Waals surface area contributed by atoms with E-state index in [1.54, 1.807) is 21.7 Å². The summed E-state index contributed by atoms with van der Waals surface area (Å²) < 4.78 is 0. The Morgan fingerprint density at radius 1 is 1.58 bits per heavy atom. The van der Waals surface area contributed by atoms with E-state index in [0.717, 1.165) is 31.6 Å². The molecule has 0 aliphatic carbocycles. The molecule has 0 spiro atoms. The molecule has 0 bridgehead atoms. The van der Waals surface area contributed by atoms with Crippen LogP contribution in [0.3, 0.4) is 0 Å². The zero-order valence-corrected chi connectivity index (χ0v) is 13.7. The molecule has 1 aliphatic heterocycles. The molecule has 1 aromatic rings. The van der Waals surface area contributed by atoms with Crippen molar-refractivity contribution in [1.82, 2.24) is 15.2 Å². The smallest absolute Gasteiger partial charge is 0.229 e. The van der Waals surface area contributed by atoms with Crippen LogP contribution in [0.5, 0.6) is 0 Å². The van der Waals surface area contributed by atoms with Crippen LogP contribution in [0.15, 0.2) is 10.9 Å². The predicted molar refractivity (Wildman–Crippen MR) is 83.3 cm³/mol. The fourth-order valence-corrected chi connectivity index (χ4v) is 2.88. The Balaban J connectivity index is 0.00000162. The maximum Gasteiger partial charge on any atom is 0.229 e. The Bertz CT molecular complexity index is 380. The van der Waals surface area contributed by atoms with E-state index < -0.39 is 0 Å². The predicted octanol–water partition coefficient (Wildman–Crippen LogP) is 2.33. The molecule has 1 saturated heterocycles. The summed E-state index contributed by atoms with van der Waals surface area (Å²) in [4.78, 5) is 18.4. The van der Waals surface area contributed by atoms with Crippen molar-refractivity contribution in [2.75, 3.05) is 20.1 Å². The number of halogens is 2. The highest BCUT2D eigenvalue weighted by Crippen LogP contribution is 2.28. The number of thiazole rings is 1. The first-order chi connectivity index (χ1) is 8.12. The summed E-state index contributed by atoms with van der Waals surface area (Å²) in [6.45, 7) is 4.48. The van der Waals surface area contributed by atoms with Gasteiger partial charge in [-0.25, -0.2) is 4.98 Å².